The normalized spacial score (nSPS) is 12.4. The number of aliphatic carboxylic acids is 1. The molecule has 2 atom stereocenters. The maximum atomic E-state index is 13.0. The number of nitrogens with one attached hydrogen (secondary N) is 2. The Balaban J connectivity index is 1.81. The average molecular weight is 447 g/mol. The molecule has 0 aliphatic rings. The summed E-state index contributed by atoms with van der Waals surface area (Å²) in [5, 5.41) is 24.4. The maximum Gasteiger partial charge on any atom is 0.304 e. The summed E-state index contributed by atoms with van der Waals surface area (Å²) >= 11 is 0. The molecular formula is C26H26N2O5. The largest absolute Gasteiger partial charge is 0.508 e. The predicted octanol–water partition coefficient (Wildman–Crippen LogP) is 3.68. The highest BCUT2D eigenvalue weighted by atomic mass is 16.4. The number of phenols is 1. The van der Waals surface area contributed by atoms with Gasteiger partial charge in [0.05, 0.1) is 6.42 Å². The van der Waals surface area contributed by atoms with Crippen LogP contribution in [0, 0.1) is 0 Å². The minimum absolute atomic E-state index is 0.0865. The van der Waals surface area contributed by atoms with Crippen LogP contribution in [0.1, 0.15) is 36.0 Å². The smallest absolute Gasteiger partial charge is 0.304 e. The van der Waals surface area contributed by atoms with E-state index in [1.807, 2.05) is 36.4 Å². The Morgan fingerprint density at radius 2 is 1.55 bits per heavy atom. The number of phenolic OH excluding ortho intramolecular Hbond substituents is 1. The van der Waals surface area contributed by atoms with Gasteiger partial charge in [-0.3, -0.25) is 14.4 Å². The van der Waals surface area contributed by atoms with Crippen molar-refractivity contribution in [1.29, 1.82) is 0 Å². The molecule has 0 spiro atoms. The van der Waals surface area contributed by atoms with Crippen molar-refractivity contribution >= 4 is 23.5 Å². The molecular weight excluding hydrogens is 420 g/mol. The lowest BCUT2D eigenvalue weighted by Gasteiger charge is -2.20. The topological polar surface area (TPSA) is 116 Å². The molecule has 7 nitrogen and oxygen atoms in total. The number of amides is 2. The average Bonchev–Trinajstić information content (AvgIpc) is 2.79. The molecule has 0 saturated carbocycles. The minimum Gasteiger partial charge on any atom is -0.508 e. The fourth-order valence-electron chi connectivity index (χ4n) is 3.67. The van der Waals surface area contributed by atoms with Crippen molar-refractivity contribution < 1.29 is 24.6 Å². The Morgan fingerprint density at radius 1 is 0.879 bits per heavy atom. The molecule has 0 heterocycles. The Labute approximate surface area is 192 Å². The Kier molecular flexibility index (Phi) is 7.81. The van der Waals surface area contributed by atoms with Gasteiger partial charge < -0.3 is 20.8 Å². The fourth-order valence-corrected chi connectivity index (χ4v) is 3.67. The van der Waals surface area contributed by atoms with E-state index < -0.39 is 17.9 Å². The number of carbonyl (C=O) groups is 3. The Bertz CT molecular complexity index is 1110. The van der Waals surface area contributed by atoms with Crippen molar-refractivity contribution in [2.75, 3.05) is 5.32 Å². The van der Waals surface area contributed by atoms with E-state index in [1.54, 1.807) is 30.3 Å². The van der Waals surface area contributed by atoms with Crippen molar-refractivity contribution in [3.8, 4) is 5.75 Å². The van der Waals surface area contributed by atoms with E-state index in [9.17, 15) is 24.6 Å². The minimum atomic E-state index is -0.919. The van der Waals surface area contributed by atoms with Gasteiger partial charge in [0.25, 0.3) is 0 Å². The van der Waals surface area contributed by atoms with Crippen molar-refractivity contribution in [3.05, 3.63) is 95.6 Å². The summed E-state index contributed by atoms with van der Waals surface area (Å²) in [5.41, 5.74) is 2.91. The molecule has 3 rings (SSSR count). The highest BCUT2D eigenvalue weighted by molar-refractivity contribution is 5.97. The van der Waals surface area contributed by atoms with Gasteiger partial charge in [-0.1, -0.05) is 54.6 Å². The third kappa shape index (κ3) is 6.93. The van der Waals surface area contributed by atoms with Crippen LogP contribution in [0.4, 0.5) is 5.69 Å². The molecule has 0 aliphatic heterocycles. The van der Waals surface area contributed by atoms with Gasteiger partial charge in [0.1, 0.15) is 11.8 Å². The molecule has 0 radical (unpaired) electrons. The second-order valence-corrected chi connectivity index (χ2v) is 7.80. The number of hydrogen-bond donors (Lipinski definition) is 4. The summed E-state index contributed by atoms with van der Waals surface area (Å²) in [6, 6.07) is 22.0. The summed E-state index contributed by atoms with van der Waals surface area (Å²) in [4.78, 5) is 36.1. The van der Waals surface area contributed by atoms with E-state index in [4.69, 9.17) is 0 Å². The zero-order valence-corrected chi connectivity index (χ0v) is 18.2. The molecule has 170 valence electrons. The third-order valence-corrected chi connectivity index (χ3v) is 5.21. The van der Waals surface area contributed by atoms with Gasteiger partial charge in [-0.2, -0.15) is 0 Å². The monoisotopic (exact) mass is 446 g/mol. The van der Waals surface area contributed by atoms with Gasteiger partial charge >= 0.3 is 5.97 Å². The second-order valence-electron chi connectivity index (χ2n) is 7.80. The molecule has 2 amide bonds. The highest BCUT2D eigenvalue weighted by Gasteiger charge is 2.22. The second kappa shape index (κ2) is 10.9. The molecule has 3 aromatic rings. The van der Waals surface area contributed by atoms with Crippen molar-refractivity contribution in [2.45, 2.75) is 31.7 Å². The van der Waals surface area contributed by atoms with Gasteiger partial charge in [0.15, 0.2) is 0 Å². The zero-order valence-electron chi connectivity index (χ0n) is 18.2. The van der Waals surface area contributed by atoms with Crippen LogP contribution in [0.2, 0.25) is 0 Å². The maximum absolute atomic E-state index is 13.0. The van der Waals surface area contributed by atoms with Gasteiger partial charge in [0.2, 0.25) is 11.8 Å². The van der Waals surface area contributed by atoms with Crippen LogP contribution < -0.4 is 10.6 Å². The van der Waals surface area contributed by atoms with E-state index in [2.05, 4.69) is 10.6 Å². The molecule has 7 heteroatoms. The number of anilines is 1. The van der Waals surface area contributed by atoms with Crippen LogP contribution in [0.5, 0.6) is 5.75 Å². The van der Waals surface area contributed by atoms with Gasteiger partial charge in [-0.25, -0.2) is 0 Å². The Hall–Kier alpha value is -4.13. The number of benzene rings is 3. The lowest BCUT2D eigenvalue weighted by atomic mass is 9.88. The van der Waals surface area contributed by atoms with E-state index in [0.717, 1.165) is 16.7 Å². The molecule has 33 heavy (non-hydrogen) atoms. The fraction of sp³-hybridized carbons (Fsp3) is 0.192. The third-order valence-electron chi connectivity index (χ3n) is 5.21. The summed E-state index contributed by atoms with van der Waals surface area (Å²) in [6.07, 6.45) is 0.161. The Morgan fingerprint density at radius 3 is 2.18 bits per heavy atom. The summed E-state index contributed by atoms with van der Waals surface area (Å²) < 4.78 is 0. The summed E-state index contributed by atoms with van der Waals surface area (Å²) in [5.74, 6) is -1.91. The molecule has 0 aromatic heterocycles. The number of rotatable bonds is 9. The number of hydrogen-bond acceptors (Lipinski definition) is 4. The van der Waals surface area contributed by atoms with E-state index >= 15 is 0 Å². The van der Waals surface area contributed by atoms with Crippen LogP contribution in [-0.4, -0.2) is 34.0 Å². The van der Waals surface area contributed by atoms with Crippen LogP contribution in [0.15, 0.2) is 78.9 Å². The van der Waals surface area contributed by atoms with Gasteiger partial charge in [0, 0.05) is 24.9 Å². The number of carboxylic acids is 1. The first-order chi connectivity index (χ1) is 15.8. The first-order valence-corrected chi connectivity index (χ1v) is 10.5. The van der Waals surface area contributed by atoms with Crippen molar-refractivity contribution in [2.24, 2.45) is 0 Å². The number of aromatic hydroxyl groups is 1. The molecule has 0 fully saturated rings. The predicted molar refractivity (Wildman–Crippen MR) is 125 cm³/mol. The quantitative estimate of drug-likeness (QED) is 0.400. The van der Waals surface area contributed by atoms with Crippen molar-refractivity contribution in [1.82, 2.24) is 5.32 Å². The number of carbonyl (C=O) groups excluding carboxylic acids is 2. The van der Waals surface area contributed by atoms with Gasteiger partial charge in [-0.15, -0.1) is 0 Å². The number of carboxylic acid groups (broad SMARTS) is 1. The molecule has 0 aliphatic carbocycles. The SMILES string of the molecule is CC(=O)N[C@@H](Cc1ccc(O)cc1)C(=O)Nc1cccc(C(CC(=O)O)c2ccccc2)c1. The van der Waals surface area contributed by atoms with E-state index in [-0.39, 0.29) is 30.4 Å². The van der Waals surface area contributed by atoms with Crippen LogP contribution in [-0.2, 0) is 20.8 Å². The van der Waals surface area contributed by atoms with E-state index in [1.165, 1.54) is 19.1 Å². The zero-order chi connectivity index (χ0) is 23.8. The summed E-state index contributed by atoms with van der Waals surface area (Å²) in [6.45, 7) is 1.34. The molecule has 0 bridgehead atoms. The molecule has 0 saturated heterocycles. The highest BCUT2D eigenvalue weighted by Crippen LogP contribution is 2.29. The van der Waals surface area contributed by atoms with Crippen LogP contribution in [0.25, 0.3) is 0 Å². The summed E-state index contributed by atoms with van der Waals surface area (Å²) in [7, 11) is 0. The van der Waals surface area contributed by atoms with Crippen LogP contribution in [0.3, 0.4) is 0 Å². The first-order valence-electron chi connectivity index (χ1n) is 10.5. The standard InChI is InChI=1S/C26H26N2O5/c1-17(29)27-24(14-18-10-12-22(30)13-11-18)26(33)28-21-9-5-8-20(15-21)23(16-25(31)32)19-6-3-2-4-7-19/h2-13,15,23-24,30H,14,16H2,1H3,(H,27,29)(H,28,33)(H,31,32)/t23?,24-/m0/s1. The molecule has 4 N–H and O–H groups in total. The molecule has 3 aromatic carbocycles. The van der Waals surface area contributed by atoms with Gasteiger partial charge in [-0.05, 0) is 41.0 Å². The lowest BCUT2D eigenvalue weighted by Crippen LogP contribution is -2.44. The lowest BCUT2D eigenvalue weighted by molar-refractivity contribution is -0.137. The van der Waals surface area contributed by atoms with E-state index in [0.29, 0.717) is 5.69 Å². The first kappa shape index (κ1) is 23.5. The van der Waals surface area contributed by atoms with Crippen LogP contribution >= 0.6 is 0 Å². The molecule has 1 unspecified atom stereocenters. The van der Waals surface area contributed by atoms with Crippen molar-refractivity contribution in [3.63, 3.8) is 0 Å².